The largest absolute Gasteiger partial charge is 1.00 e. The number of carboxylic acid groups (broad SMARTS) is 1. The van der Waals surface area contributed by atoms with Crippen molar-refractivity contribution in [1.82, 2.24) is 0 Å². The Labute approximate surface area is 223 Å². The van der Waals surface area contributed by atoms with Gasteiger partial charge in [-0.2, -0.15) is 0 Å². The molecule has 2 N–H and O–H groups in total. The molecule has 0 fully saturated rings. The second kappa shape index (κ2) is 12.3. The van der Waals surface area contributed by atoms with Gasteiger partial charge in [0.1, 0.15) is 28.5 Å². The van der Waals surface area contributed by atoms with E-state index < -0.39 is 21.3 Å². The van der Waals surface area contributed by atoms with E-state index in [-0.39, 0.29) is 36.7 Å². The van der Waals surface area contributed by atoms with Crippen molar-refractivity contribution in [2.45, 2.75) is 25.1 Å². The quantitative estimate of drug-likeness (QED) is 0.427. The van der Waals surface area contributed by atoms with Gasteiger partial charge in [0.25, 0.3) is 0 Å². The van der Waals surface area contributed by atoms with E-state index in [0.717, 1.165) is 5.41 Å². The summed E-state index contributed by atoms with van der Waals surface area (Å²) >= 11 is 0. The van der Waals surface area contributed by atoms with E-state index in [1.165, 1.54) is 48.4 Å². The molecular formula is C23H30NNaO8S. The molecule has 11 heteroatoms. The number of carbonyl (C=O) groups is 1. The monoisotopic (exact) mass is 503 g/mol. The Morgan fingerprint density at radius 2 is 1.56 bits per heavy atom. The maximum absolute atomic E-state index is 12.8. The van der Waals surface area contributed by atoms with E-state index in [1.54, 1.807) is 30.3 Å². The maximum atomic E-state index is 12.8. The van der Waals surface area contributed by atoms with Crippen molar-refractivity contribution in [2.24, 2.45) is 0 Å². The maximum Gasteiger partial charge on any atom is 1.00 e. The van der Waals surface area contributed by atoms with Crippen molar-refractivity contribution < 1.29 is 68.3 Å². The number of nitrogens with one attached hydrogen (secondary N) is 1. The molecule has 34 heavy (non-hydrogen) atoms. The first-order valence-electron chi connectivity index (χ1n) is 9.85. The van der Waals surface area contributed by atoms with Crippen molar-refractivity contribution in [3.63, 3.8) is 0 Å². The summed E-state index contributed by atoms with van der Waals surface area (Å²) < 4.78 is 46.8. The predicted octanol–water partition coefficient (Wildman–Crippen LogP) is 0.698. The van der Waals surface area contributed by atoms with Crippen LogP contribution in [0.15, 0.2) is 35.7 Å². The zero-order valence-electron chi connectivity index (χ0n) is 21.5. The topological polar surface area (TPSA) is 120 Å². The molecule has 0 bridgehead atoms. The second-order valence-corrected chi connectivity index (χ2v) is 9.53. The molecule has 0 atom stereocenters. The zero-order valence-corrected chi connectivity index (χ0v) is 23.3. The van der Waals surface area contributed by atoms with Crippen LogP contribution in [-0.2, 0) is 20.4 Å². The van der Waals surface area contributed by atoms with Crippen molar-refractivity contribution >= 4 is 27.6 Å². The van der Waals surface area contributed by atoms with Gasteiger partial charge in [0.2, 0.25) is 0 Å². The summed E-state index contributed by atoms with van der Waals surface area (Å²) in [5.41, 5.74) is -0.00543. The second-order valence-electron chi connectivity index (χ2n) is 7.65. The molecule has 0 aliphatic carbocycles. The van der Waals surface area contributed by atoms with Crippen LogP contribution in [0.1, 0.15) is 26.4 Å². The van der Waals surface area contributed by atoms with Crippen LogP contribution in [0.4, 0.5) is 5.69 Å². The molecule has 0 saturated heterocycles. The van der Waals surface area contributed by atoms with E-state index >= 15 is 0 Å². The molecule has 0 amide bonds. The molecule has 0 aromatic heterocycles. The average molecular weight is 504 g/mol. The Kier molecular flexibility index (Phi) is 10.8. The average Bonchev–Trinajstić information content (AvgIpc) is 2.76. The summed E-state index contributed by atoms with van der Waals surface area (Å²) in [5, 5.41) is 13.3. The number of benzene rings is 2. The Morgan fingerprint density at radius 3 is 2.03 bits per heavy atom. The minimum atomic E-state index is -3.70. The van der Waals surface area contributed by atoms with Crippen LogP contribution in [0.2, 0.25) is 0 Å². The number of methoxy groups -OCH3 is 4. The molecule has 2 rings (SSSR count). The standard InChI is InChI=1S/C23H29NO8S.Na.H/c1-23(2,22(25)26)24-18-11-15(7-8-19(18)30-4)14-33(27,28)10-9-17-20(31-5)12-16(29-3)13-21(17)32-6;;/h7-13,24H,14H2,1-6H3,(H,25,26);;/q;+1;-1/b10-9+;;. The summed E-state index contributed by atoms with van der Waals surface area (Å²) in [6.07, 6.45) is 1.41. The van der Waals surface area contributed by atoms with Crippen LogP contribution in [0.5, 0.6) is 23.0 Å². The van der Waals surface area contributed by atoms with Crippen LogP contribution >= 0.6 is 0 Å². The van der Waals surface area contributed by atoms with E-state index in [4.69, 9.17) is 18.9 Å². The summed E-state index contributed by atoms with van der Waals surface area (Å²) in [6, 6.07) is 8.01. The van der Waals surface area contributed by atoms with E-state index in [0.29, 0.717) is 39.8 Å². The Hall–Kier alpha value is -2.40. The molecule has 0 aliphatic rings. The van der Waals surface area contributed by atoms with Crippen LogP contribution in [0.25, 0.3) is 6.08 Å². The number of hydrogen-bond donors (Lipinski definition) is 2. The van der Waals surface area contributed by atoms with Gasteiger partial charge in [0.15, 0.2) is 9.84 Å². The molecule has 0 spiro atoms. The first-order chi connectivity index (χ1) is 15.5. The van der Waals surface area contributed by atoms with Gasteiger partial charge in [0.05, 0.1) is 45.4 Å². The molecule has 0 radical (unpaired) electrons. The molecule has 0 aliphatic heterocycles. The van der Waals surface area contributed by atoms with Crippen molar-refractivity contribution in [2.75, 3.05) is 33.8 Å². The van der Waals surface area contributed by atoms with Gasteiger partial charge in [-0.05, 0) is 37.6 Å². The van der Waals surface area contributed by atoms with E-state index in [1.807, 2.05) is 0 Å². The summed E-state index contributed by atoms with van der Waals surface area (Å²) in [7, 11) is 2.17. The number of ether oxygens (including phenoxy) is 4. The van der Waals surface area contributed by atoms with Gasteiger partial charge in [-0.25, -0.2) is 13.2 Å². The summed E-state index contributed by atoms with van der Waals surface area (Å²) in [5.74, 6) is 0.318. The van der Waals surface area contributed by atoms with Crippen LogP contribution in [-0.4, -0.2) is 53.5 Å². The molecule has 9 nitrogen and oxygen atoms in total. The fourth-order valence-electron chi connectivity index (χ4n) is 2.98. The molecule has 0 saturated carbocycles. The van der Waals surface area contributed by atoms with Gasteiger partial charge in [-0.3, -0.25) is 0 Å². The van der Waals surface area contributed by atoms with Gasteiger partial charge in [-0.15, -0.1) is 0 Å². The smallest absolute Gasteiger partial charge is 1.00 e. The number of rotatable bonds is 11. The fourth-order valence-corrected chi connectivity index (χ4v) is 4.07. The molecule has 182 valence electrons. The van der Waals surface area contributed by atoms with Crippen LogP contribution in [0.3, 0.4) is 0 Å². The number of aliphatic carboxylic acids is 1. The van der Waals surface area contributed by atoms with Crippen LogP contribution < -0.4 is 53.8 Å². The molecular weight excluding hydrogens is 473 g/mol. The van der Waals surface area contributed by atoms with Gasteiger partial charge in [-0.1, -0.05) is 6.07 Å². The fraction of sp³-hybridized carbons (Fsp3) is 0.348. The predicted molar refractivity (Wildman–Crippen MR) is 127 cm³/mol. The minimum absolute atomic E-state index is 0. The third-order valence-electron chi connectivity index (χ3n) is 4.81. The third-order valence-corrected chi connectivity index (χ3v) is 6.10. The van der Waals surface area contributed by atoms with E-state index in [2.05, 4.69) is 5.32 Å². The molecule has 0 unspecified atom stereocenters. The zero-order chi connectivity index (χ0) is 24.8. The number of carboxylic acids is 1. The van der Waals surface area contributed by atoms with Gasteiger partial charge >= 0.3 is 35.5 Å². The van der Waals surface area contributed by atoms with Gasteiger partial charge in [0, 0.05) is 17.5 Å². The molecule has 2 aromatic carbocycles. The van der Waals surface area contributed by atoms with Crippen molar-refractivity contribution in [3.8, 4) is 23.0 Å². The Morgan fingerprint density at radius 1 is 1.00 bits per heavy atom. The first-order valence-corrected chi connectivity index (χ1v) is 11.6. The third kappa shape index (κ3) is 7.56. The molecule has 0 heterocycles. The minimum Gasteiger partial charge on any atom is -1.00 e. The first kappa shape index (κ1) is 29.6. The summed E-state index contributed by atoms with van der Waals surface area (Å²) in [4.78, 5) is 11.5. The Balaban J connectivity index is 0.00000578. The Bertz CT molecular complexity index is 1130. The SMILES string of the molecule is COc1cc(OC)c(/C=C/S(=O)(=O)Cc2ccc(OC)c(NC(C)(C)C(=O)O)c2)c(OC)c1.[H-].[Na+]. The summed E-state index contributed by atoms with van der Waals surface area (Å²) in [6.45, 7) is 2.99. The van der Waals surface area contributed by atoms with Crippen LogP contribution in [0, 0.1) is 0 Å². The number of hydrogen-bond acceptors (Lipinski definition) is 8. The van der Waals surface area contributed by atoms with E-state index in [9.17, 15) is 18.3 Å². The normalized spacial score (nSPS) is 11.5. The number of anilines is 1. The van der Waals surface area contributed by atoms with Crippen molar-refractivity contribution in [3.05, 3.63) is 46.9 Å². The van der Waals surface area contributed by atoms with Crippen molar-refractivity contribution in [1.29, 1.82) is 0 Å². The van der Waals surface area contributed by atoms with Gasteiger partial charge < -0.3 is 30.8 Å². The number of sulfone groups is 1. The molecule has 2 aromatic rings.